The Morgan fingerprint density at radius 3 is 2.94 bits per heavy atom. The van der Waals surface area contributed by atoms with Crippen molar-refractivity contribution in [3.8, 4) is 0 Å². The molecule has 0 saturated heterocycles. The van der Waals surface area contributed by atoms with Gasteiger partial charge in [0.1, 0.15) is 0 Å². The van der Waals surface area contributed by atoms with Gasteiger partial charge in [0.05, 0.1) is 5.92 Å². The summed E-state index contributed by atoms with van der Waals surface area (Å²) < 4.78 is 1.98. The van der Waals surface area contributed by atoms with Crippen molar-refractivity contribution in [2.24, 2.45) is 18.7 Å². The van der Waals surface area contributed by atoms with Gasteiger partial charge in [0.25, 0.3) is 0 Å². The van der Waals surface area contributed by atoms with Gasteiger partial charge in [0.15, 0.2) is 0 Å². The molecule has 0 aliphatic heterocycles. The van der Waals surface area contributed by atoms with Gasteiger partial charge in [0.2, 0.25) is 5.91 Å². The lowest BCUT2D eigenvalue weighted by molar-refractivity contribution is -0.126. The molecule has 0 aromatic carbocycles. The first-order valence-electron chi connectivity index (χ1n) is 6.31. The summed E-state index contributed by atoms with van der Waals surface area (Å²) >= 11 is 0. The van der Waals surface area contributed by atoms with E-state index in [1.165, 1.54) is 0 Å². The second-order valence-corrected chi connectivity index (χ2v) is 4.96. The van der Waals surface area contributed by atoms with Crippen LogP contribution in [0.3, 0.4) is 0 Å². The number of hydrogen-bond donors (Lipinski definition) is 2. The molecule has 2 unspecified atom stereocenters. The quantitative estimate of drug-likeness (QED) is 0.826. The van der Waals surface area contributed by atoms with E-state index < -0.39 is 0 Å². The summed E-state index contributed by atoms with van der Waals surface area (Å²) in [6, 6.07) is 2.06. The van der Waals surface area contributed by atoms with Gasteiger partial charge in [-0.15, -0.1) is 0 Å². The Balaban J connectivity index is 1.84. The van der Waals surface area contributed by atoms with Crippen LogP contribution in [0.25, 0.3) is 0 Å². The molecule has 1 aromatic rings. The van der Waals surface area contributed by atoms with Gasteiger partial charge >= 0.3 is 0 Å². The molecule has 94 valence electrons. The lowest BCUT2D eigenvalue weighted by Gasteiger charge is -2.27. The van der Waals surface area contributed by atoms with Crippen molar-refractivity contribution in [1.29, 1.82) is 0 Å². The van der Waals surface area contributed by atoms with Gasteiger partial charge in [-0.05, 0) is 24.5 Å². The lowest BCUT2D eigenvalue weighted by atomic mass is 9.84. The van der Waals surface area contributed by atoms with Crippen LogP contribution in [-0.2, 0) is 18.4 Å². The van der Waals surface area contributed by atoms with Crippen LogP contribution in [0, 0.1) is 5.92 Å². The fraction of sp³-hybridized carbons (Fsp3) is 0.615. The van der Waals surface area contributed by atoms with Crippen LogP contribution >= 0.6 is 0 Å². The first-order valence-corrected chi connectivity index (χ1v) is 6.31. The van der Waals surface area contributed by atoms with E-state index in [9.17, 15) is 4.79 Å². The molecule has 0 bridgehead atoms. The van der Waals surface area contributed by atoms with Crippen LogP contribution in [0.2, 0.25) is 0 Å². The molecule has 1 aromatic heterocycles. The van der Waals surface area contributed by atoms with Crippen molar-refractivity contribution in [2.45, 2.75) is 38.3 Å². The van der Waals surface area contributed by atoms with E-state index in [4.69, 9.17) is 5.73 Å². The molecule has 1 aliphatic carbocycles. The van der Waals surface area contributed by atoms with Crippen molar-refractivity contribution in [3.63, 3.8) is 0 Å². The van der Waals surface area contributed by atoms with Gasteiger partial charge in [-0.3, -0.25) is 4.79 Å². The number of nitrogens with zero attached hydrogens (tertiary/aromatic N) is 1. The molecule has 0 radical (unpaired) electrons. The van der Waals surface area contributed by atoms with Gasteiger partial charge in [-0.25, -0.2) is 0 Å². The molecule has 1 saturated carbocycles. The predicted molar refractivity (Wildman–Crippen MR) is 67.2 cm³/mol. The zero-order valence-corrected chi connectivity index (χ0v) is 10.4. The minimum atomic E-state index is 0.00691. The molecule has 2 atom stereocenters. The molecule has 0 spiro atoms. The normalized spacial score (nSPS) is 24.6. The lowest BCUT2D eigenvalue weighted by Crippen LogP contribution is -2.43. The maximum atomic E-state index is 12.0. The highest BCUT2D eigenvalue weighted by molar-refractivity contribution is 5.79. The summed E-state index contributed by atoms with van der Waals surface area (Å²) in [5.74, 6) is 0.119. The van der Waals surface area contributed by atoms with Gasteiger partial charge < -0.3 is 15.6 Å². The maximum absolute atomic E-state index is 12.0. The zero-order valence-electron chi connectivity index (χ0n) is 10.4. The zero-order chi connectivity index (χ0) is 12.3. The Morgan fingerprint density at radius 2 is 2.29 bits per heavy atom. The van der Waals surface area contributed by atoms with Crippen LogP contribution in [0.15, 0.2) is 18.5 Å². The SMILES string of the molecule is Cn1ccc(CNC(=O)C2CCCCC2N)c1. The second kappa shape index (κ2) is 5.36. The standard InChI is InChI=1S/C13H21N3O/c1-16-7-6-10(9-16)8-15-13(17)11-4-2-3-5-12(11)14/h6-7,9,11-12H,2-5,8,14H2,1H3,(H,15,17). The average Bonchev–Trinajstić information content (AvgIpc) is 2.73. The fourth-order valence-electron chi connectivity index (χ4n) is 2.47. The van der Waals surface area contributed by atoms with Crippen LogP contribution in [0.5, 0.6) is 0 Å². The second-order valence-electron chi connectivity index (χ2n) is 4.96. The largest absolute Gasteiger partial charge is 0.357 e. The predicted octanol–water partition coefficient (Wildman–Crippen LogP) is 1.16. The smallest absolute Gasteiger partial charge is 0.224 e. The molecule has 1 amide bonds. The van der Waals surface area contributed by atoms with Crippen molar-refractivity contribution in [1.82, 2.24) is 9.88 Å². The van der Waals surface area contributed by atoms with Crippen molar-refractivity contribution >= 4 is 5.91 Å². The Kier molecular flexibility index (Phi) is 3.84. The van der Waals surface area contributed by atoms with E-state index in [0.29, 0.717) is 6.54 Å². The van der Waals surface area contributed by atoms with Gasteiger partial charge in [-0.1, -0.05) is 12.8 Å². The summed E-state index contributed by atoms with van der Waals surface area (Å²) in [7, 11) is 1.97. The van der Waals surface area contributed by atoms with E-state index in [1.54, 1.807) is 0 Å². The molecule has 3 N–H and O–H groups in total. The molecule has 17 heavy (non-hydrogen) atoms. The summed E-state index contributed by atoms with van der Waals surface area (Å²) in [6.45, 7) is 0.600. The number of carbonyl (C=O) groups is 1. The van der Waals surface area contributed by atoms with Crippen LogP contribution in [-0.4, -0.2) is 16.5 Å². The highest BCUT2D eigenvalue weighted by Crippen LogP contribution is 2.23. The molecule has 4 nitrogen and oxygen atoms in total. The number of rotatable bonds is 3. The van der Waals surface area contributed by atoms with E-state index in [0.717, 1.165) is 31.2 Å². The van der Waals surface area contributed by atoms with Gasteiger partial charge in [0, 0.05) is 32.0 Å². The molecule has 2 rings (SSSR count). The summed E-state index contributed by atoms with van der Waals surface area (Å²) in [4.78, 5) is 12.0. The Labute approximate surface area is 102 Å². The third kappa shape index (κ3) is 3.09. The Morgan fingerprint density at radius 1 is 1.53 bits per heavy atom. The third-order valence-corrected chi connectivity index (χ3v) is 3.52. The molecule has 1 heterocycles. The minimum absolute atomic E-state index is 0.00691. The molecule has 4 heteroatoms. The highest BCUT2D eigenvalue weighted by Gasteiger charge is 2.27. The number of nitrogens with two attached hydrogens (primary N) is 1. The topological polar surface area (TPSA) is 60.0 Å². The van der Waals surface area contributed by atoms with Gasteiger partial charge in [-0.2, -0.15) is 0 Å². The third-order valence-electron chi connectivity index (χ3n) is 3.52. The van der Waals surface area contributed by atoms with Crippen LogP contribution in [0.1, 0.15) is 31.2 Å². The van der Waals surface area contributed by atoms with Crippen molar-refractivity contribution in [3.05, 3.63) is 24.0 Å². The first kappa shape index (κ1) is 12.2. The number of aryl methyl sites for hydroxylation is 1. The van der Waals surface area contributed by atoms with E-state index in [1.807, 2.05) is 30.1 Å². The van der Waals surface area contributed by atoms with Crippen LogP contribution in [0.4, 0.5) is 0 Å². The van der Waals surface area contributed by atoms with Crippen LogP contribution < -0.4 is 11.1 Å². The van der Waals surface area contributed by atoms with E-state index in [2.05, 4.69) is 5.32 Å². The molecular formula is C13H21N3O. The Hall–Kier alpha value is -1.29. The average molecular weight is 235 g/mol. The number of nitrogens with one attached hydrogen (secondary N) is 1. The summed E-state index contributed by atoms with van der Waals surface area (Å²) in [6.07, 6.45) is 8.18. The molecule has 1 aliphatic rings. The summed E-state index contributed by atoms with van der Waals surface area (Å²) in [5.41, 5.74) is 7.12. The highest BCUT2D eigenvalue weighted by atomic mass is 16.1. The van der Waals surface area contributed by atoms with E-state index >= 15 is 0 Å². The number of aromatic nitrogens is 1. The minimum Gasteiger partial charge on any atom is -0.357 e. The molecule has 1 fully saturated rings. The van der Waals surface area contributed by atoms with Crippen molar-refractivity contribution < 1.29 is 4.79 Å². The Bertz CT molecular complexity index is 386. The maximum Gasteiger partial charge on any atom is 0.224 e. The monoisotopic (exact) mass is 235 g/mol. The van der Waals surface area contributed by atoms with Crippen molar-refractivity contribution in [2.75, 3.05) is 0 Å². The summed E-state index contributed by atoms with van der Waals surface area (Å²) in [5, 5.41) is 2.98. The first-order chi connectivity index (χ1) is 8.16. The number of hydrogen-bond acceptors (Lipinski definition) is 2. The molecular weight excluding hydrogens is 214 g/mol. The number of carbonyl (C=O) groups excluding carboxylic acids is 1. The number of amides is 1. The fourth-order valence-corrected chi connectivity index (χ4v) is 2.47. The van der Waals surface area contributed by atoms with E-state index in [-0.39, 0.29) is 17.9 Å².